The van der Waals surface area contributed by atoms with E-state index in [1.165, 1.54) is 0 Å². The second-order valence-corrected chi connectivity index (χ2v) is 1.76. The van der Waals surface area contributed by atoms with Gasteiger partial charge in [-0.05, 0) is 6.92 Å². The Hall–Kier alpha value is -0.0800. The lowest BCUT2D eigenvalue weighted by atomic mass is 10.5. The molecule has 2 heteroatoms. The lowest BCUT2D eigenvalue weighted by Gasteiger charge is -1.92. The van der Waals surface area contributed by atoms with E-state index in [2.05, 4.69) is 5.32 Å². The van der Waals surface area contributed by atoms with Gasteiger partial charge in [0.05, 0.1) is 6.61 Å². The monoisotopic (exact) mass is 101 g/mol. The molecule has 1 aliphatic rings. The summed E-state index contributed by atoms with van der Waals surface area (Å²) in [6, 6.07) is 0.681. The summed E-state index contributed by atoms with van der Waals surface area (Å²) < 4.78 is 5.09. The molecule has 1 N–H and O–H groups in total. The number of hydrogen-bond donors (Lipinski definition) is 1. The molecule has 1 heterocycles. The number of ether oxygens (including phenoxy) is 1. The van der Waals surface area contributed by atoms with Crippen molar-refractivity contribution in [3.8, 4) is 0 Å². The van der Waals surface area contributed by atoms with Crippen molar-refractivity contribution >= 4 is 0 Å². The molecule has 0 radical (unpaired) electrons. The fraction of sp³-hybridized carbons (Fsp3) is 1.00. The van der Waals surface area contributed by atoms with Gasteiger partial charge in [0.15, 0.2) is 0 Å². The van der Waals surface area contributed by atoms with Crippen LogP contribution in [0, 0.1) is 0 Å². The van der Waals surface area contributed by atoms with Crippen molar-refractivity contribution in [1.29, 1.82) is 0 Å². The van der Waals surface area contributed by atoms with Gasteiger partial charge in [-0.1, -0.05) is 0 Å². The summed E-state index contributed by atoms with van der Waals surface area (Å²) >= 11 is 0. The summed E-state index contributed by atoms with van der Waals surface area (Å²) in [7, 11) is 0. The van der Waals surface area contributed by atoms with E-state index in [9.17, 15) is 0 Å². The van der Waals surface area contributed by atoms with Crippen LogP contribution in [0.15, 0.2) is 0 Å². The van der Waals surface area contributed by atoms with Gasteiger partial charge in [-0.2, -0.15) is 0 Å². The van der Waals surface area contributed by atoms with Gasteiger partial charge in [0.2, 0.25) is 0 Å². The first kappa shape index (κ1) is 5.06. The third-order valence-electron chi connectivity index (χ3n) is 1.02. The van der Waals surface area contributed by atoms with E-state index >= 15 is 0 Å². The molecule has 42 valence electrons. The van der Waals surface area contributed by atoms with Crippen LogP contribution in [0.4, 0.5) is 0 Å². The summed E-state index contributed by atoms with van der Waals surface area (Å²) in [6.07, 6.45) is 0. The van der Waals surface area contributed by atoms with Gasteiger partial charge in [-0.25, -0.2) is 0 Å². The van der Waals surface area contributed by atoms with Gasteiger partial charge < -0.3 is 10.1 Å². The molecule has 1 aliphatic heterocycles. The Morgan fingerprint density at radius 3 is 3.00 bits per heavy atom. The highest BCUT2D eigenvalue weighted by Crippen LogP contribution is 1.95. The highest BCUT2D eigenvalue weighted by Gasteiger charge is 2.18. The highest BCUT2D eigenvalue weighted by molar-refractivity contribution is 4.82. The molecule has 0 aromatic carbocycles. The van der Waals surface area contributed by atoms with Crippen LogP contribution in [0.25, 0.3) is 0 Å². The second kappa shape index (κ2) is 2.28. The molecule has 1 rings (SSSR count). The molecule has 0 spiro atoms. The van der Waals surface area contributed by atoms with Gasteiger partial charge in [0, 0.05) is 19.2 Å². The van der Waals surface area contributed by atoms with Crippen molar-refractivity contribution in [1.82, 2.24) is 5.32 Å². The van der Waals surface area contributed by atoms with Crippen molar-refractivity contribution in [3.63, 3.8) is 0 Å². The number of rotatable bonds is 3. The highest BCUT2D eigenvalue weighted by atomic mass is 16.5. The molecular formula is C5H11NO. The maximum atomic E-state index is 5.09. The normalized spacial score (nSPS) is 27.9. The van der Waals surface area contributed by atoms with Gasteiger partial charge in [0.1, 0.15) is 0 Å². The van der Waals surface area contributed by atoms with Crippen molar-refractivity contribution in [2.75, 3.05) is 19.8 Å². The first-order valence-electron chi connectivity index (χ1n) is 2.74. The van der Waals surface area contributed by atoms with Crippen LogP contribution in [0.5, 0.6) is 0 Å². The second-order valence-electron chi connectivity index (χ2n) is 1.76. The van der Waals surface area contributed by atoms with E-state index in [4.69, 9.17) is 4.74 Å². The van der Waals surface area contributed by atoms with Crippen LogP contribution in [0.3, 0.4) is 0 Å². The van der Waals surface area contributed by atoms with Crippen molar-refractivity contribution in [2.45, 2.75) is 13.0 Å². The van der Waals surface area contributed by atoms with E-state index in [-0.39, 0.29) is 0 Å². The van der Waals surface area contributed by atoms with E-state index in [1.54, 1.807) is 0 Å². The minimum absolute atomic E-state index is 0.681. The summed E-state index contributed by atoms with van der Waals surface area (Å²) in [6.45, 7) is 4.91. The molecule has 2 nitrogen and oxygen atoms in total. The van der Waals surface area contributed by atoms with E-state index < -0.39 is 0 Å². The van der Waals surface area contributed by atoms with Crippen LogP contribution in [-0.2, 0) is 4.74 Å². The molecule has 0 bridgehead atoms. The molecule has 0 saturated carbocycles. The van der Waals surface area contributed by atoms with Crippen molar-refractivity contribution in [3.05, 3.63) is 0 Å². The predicted octanol–water partition coefficient (Wildman–Crippen LogP) is -0.00530. The van der Waals surface area contributed by atoms with Crippen LogP contribution >= 0.6 is 0 Å². The first-order valence-corrected chi connectivity index (χ1v) is 2.74. The van der Waals surface area contributed by atoms with E-state index in [0.717, 1.165) is 19.8 Å². The quantitative estimate of drug-likeness (QED) is 0.507. The van der Waals surface area contributed by atoms with Gasteiger partial charge in [-0.15, -0.1) is 0 Å². The van der Waals surface area contributed by atoms with Gasteiger partial charge >= 0.3 is 0 Å². The zero-order valence-corrected chi connectivity index (χ0v) is 4.61. The minimum atomic E-state index is 0.681. The zero-order chi connectivity index (χ0) is 5.11. The molecule has 1 atom stereocenters. The smallest absolute Gasteiger partial charge is 0.0631 e. The van der Waals surface area contributed by atoms with Crippen LogP contribution in [0.1, 0.15) is 6.92 Å². The summed E-state index contributed by atoms with van der Waals surface area (Å²) in [5.74, 6) is 0. The summed E-state index contributed by atoms with van der Waals surface area (Å²) in [5.41, 5.74) is 0. The van der Waals surface area contributed by atoms with E-state index in [0.29, 0.717) is 6.04 Å². The predicted molar refractivity (Wildman–Crippen MR) is 28.3 cm³/mol. The maximum Gasteiger partial charge on any atom is 0.0631 e. The molecule has 0 amide bonds. The Morgan fingerprint density at radius 2 is 2.57 bits per heavy atom. The molecule has 0 aromatic rings. The number of hydrogen-bond acceptors (Lipinski definition) is 2. The molecule has 0 aromatic heterocycles. The van der Waals surface area contributed by atoms with Crippen LogP contribution < -0.4 is 5.32 Å². The van der Waals surface area contributed by atoms with Crippen molar-refractivity contribution < 1.29 is 4.74 Å². The Bertz CT molecular complexity index is 52.0. The Labute approximate surface area is 43.9 Å². The molecule has 1 unspecified atom stereocenters. The Balaban J connectivity index is 1.80. The molecule has 7 heavy (non-hydrogen) atoms. The molecule has 0 aliphatic carbocycles. The van der Waals surface area contributed by atoms with Crippen LogP contribution in [0.2, 0.25) is 0 Å². The minimum Gasteiger partial charge on any atom is -0.380 e. The van der Waals surface area contributed by atoms with Crippen molar-refractivity contribution in [2.24, 2.45) is 0 Å². The fourth-order valence-corrected chi connectivity index (χ4v) is 0.461. The summed E-state index contributed by atoms with van der Waals surface area (Å²) in [5, 5.41) is 3.14. The topological polar surface area (TPSA) is 31.2 Å². The number of nitrogens with one attached hydrogen (secondary N) is 1. The average Bonchev–Trinajstić information content (AvgIpc) is 2.42. The largest absolute Gasteiger partial charge is 0.380 e. The zero-order valence-electron chi connectivity index (χ0n) is 4.61. The standard InChI is InChI=1S/C5H11NO/c1-2-7-4-5-3-6-5/h5-6H,2-4H2,1H3. The first-order chi connectivity index (χ1) is 3.43. The summed E-state index contributed by atoms with van der Waals surface area (Å²) in [4.78, 5) is 0. The Kier molecular flexibility index (Phi) is 1.65. The van der Waals surface area contributed by atoms with Gasteiger partial charge in [-0.3, -0.25) is 0 Å². The fourth-order valence-electron chi connectivity index (χ4n) is 0.461. The van der Waals surface area contributed by atoms with Gasteiger partial charge in [0.25, 0.3) is 0 Å². The third-order valence-corrected chi connectivity index (χ3v) is 1.02. The Morgan fingerprint density at radius 1 is 1.86 bits per heavy atom. The molecular weight excluding hydrogens is 90.1 g/mol. The van der Waals surface area contributed by atoms with Crippen LogP contribution in [-0.4, -0.2) is 25.8 Å². The third kappa shape index (κ3) is 1.90. The maximum absolute atomic E-state index is 5.09. The lowest BCUT2D eigenvalue weighted by molar-refractivity contribution is 0.150. The lowest BCUT2D eigenvalue weighted by Crippen LogP contribution is -2.02. The molecule has 1 saturated heterocycles. The van der Waals surface area contributed by atoms with E-state index in [1.807, 2.05) is 6.92 Å². The molecule has 1 fully saturated rings. The SMILES string of the molecule is CCOCC1CN1. The average molecular weight is 101 g/mol.